The first-order valence-electron chi connectivity index (χ1n) is 9.44. The van der Waals surface area contributed by atoms with E-state index in [1.54, 1.807) is 24.4 Å². The number of aromatic carboxylic acids is 1. The van der Waals surface area contributed by atoms with Crippen LogP contribution in [0.1, 0.15) is 34.3 Å². The molecule has 0 bridgehead atoms. The molecule has 3 aromatic rings. The average Bonchev–Trinajstić information content (AvgIpc) is 3.25. The molecule has 3 heterocycles. The van der Waals surface area contributed by atoms with Gasteiger partial charge in [0.05, 0.1) is 17.5 Å². The maximum Gasteiger partial charge on any atom is 0.337 e. The van der Waals surface area contributed by atoms with E-state index in [1.165, 1.54) is 16.7 Å². The lowest BCUT2D eigenvalue weighted by Gasteiger charge is -2.19. The van der Waals surface area contributed by atoms with E-state index in [1.807, 2.05) is 19.1 Å². The van der Waals surface area contributed by atoms with E-state index in [9.17, 15) is 14.7 Å². The Bertz CT molecular complexity index is 1160. The summed E-state index contributed by atoms with van der Waals surface area (Å²) < 4.78 is 1.52. The van der Waals surface area contributed by atoms with E-state index < -0.39 is 5.97 Å². The molecule has 0 unspecified atom stereocenters. The van der Waals surface area contributed by atoms with Gasteiger partial charge in [-0.2, -0.15) is 5.10 Å². The SMILES string of the molecule is Cc1cccn2c(=O)c(/C=N/Nc3ccccc3C(=O)O)c(N3CCCC3)nc12. The summed E-state index contributed by atoms with van der Waals surface area (Å²) in [6, 6.07) is 10.2. The second-order valence-electron chi connectivity index (χ2n) is 6.95. The lowest BCUT2D eigenvalue weighted by molar-refractivity contribution is 0.0698. The molecule has 4 rings (SSSR count). The summed E-state index contributed by atoms with van der Waals surface area (Å²) in [4.78, 5) is 31.4. The fourth-order valence-corrected chi connectivity index (χ4v) is 3.52. The Labute approximate surface area is 167 Å². The average molecular weight is 391 g/mol. The van der Waals surface area contributed by atoms with E-state index in [-0.39, 0.29) is 11.1 Å². The highest BCUT2D eigenvalue weighted by molar-refractivity contribution is 5.94. The molecule has 1 fully saturated rings. The van der Waals surface area contributed by atoms with Gasteiger partial charge in [-0.1, -0.05) is 18.2 Å². The Morgan fingerprint density at radius 2 is 1.97 bits per heavy atom. The number of hydrogen-bond donors (Lipinski definition) is 2. The van der Waals surface area contributed by atoms with Crippen LogP contribution in [0.3, 0.4) is 0 Å². The molecule has 0 radical (unpaired) electrons. The number of hydrogen-bond acceptors (Lipinski definition) is 6. The van der Waals surface area contributed by atoms with Crippen LogP contribution < -0.4 is 15.9 Å². The summed E-state index contributed by atoms with van der Waals surface area (Å²) in [5.41, 5.74) is 4.90. The number of carboxylic acid groups (broad SMARTS) is 1. The van der Waals surface area contributed by atoms with Crippen molar-refractivity contribution >= 4 is 29.3 Å². The van der Waals surface area contributed by atoms with Crippen molar-refractivity contribution in [2.24, 2.45) is 5.10 Å². The van der Waals surface area contributed by atoms with Crippen molar-refractivity contribution in [1.82, 2.24) is 9.38 Å². The summed E-state index contributed by atoms with van der Waals surface area (Å²) in [5.74, 6) is -0.442. The number of aromatic nitrogens is 2. The van der Waals surface area contributed by atoms with Gasteiger partial charge in [-0.05, 0) is 43.5 Å². The van der Waals surface area contributed by atoms with Crippen molar-refractivity contribution in [2.45, 2.75) is 19.8 Å². The van der Waals surface area contributed by atoms with Crippen LogP contribution in [0.4, 0.5) is 11.5 Å². The van der Waals surface area contributed by atoms with Gasteiger partial charge in [0.15, 0.2) is 0 Å². The van der Waals surface area contributed by atoms with Crippen molar-refractivity contribution in [1.29, 1.82) is 0 Å². The number of carboxylic acids is 1. The highest BCUT2D eigenvalue weighted by atomic mass is 16.4. The van der Waals surface area contributed by atoms with E-state index in [0.717, 1.165) is 31.5 Å². The highest BCUT2D eigenvalue weighted by Crippen LogP contribution is 2.21. The van der Waals surface area contributed by atoms with Crippen LogP contribution in [-0.4, -0.2) is 39.8 Å². The number of fused-ring (bicyclic) bond motifs is 1. The van der Waals surface area contributed by atoms with Gasteiger partial charge in [0.25, 0.3) is 5.56 Å². The van der Waals surface area contributed by atoms with Gasteiger partial charge in [-0.3, -0.25) is 14.6 Å². The van der Waals surface area contributed by atoms with Crippen molar-refractivity contribution in [2.75, 3.05) is 23.4 Å². The lowest BCUT2D eigenvalue weighted by atomic mass is 10.2. The van der Waals surface area contributed by atoms with Crippen LogP contribution in [0.2, 0.25) is 0 Å². The summed E-state index contributed by atoms with van der Waals surface area (Å²) in [6.45, 7) is 3.60. The number of para-hydroxylation sites is 1. The highest BCUT2D eigenvalue weighted by Gasteiger charge is 2.21. The van der Waals surface area contributed by atoms with Crippen molar-refractivity contribution < 1.29 is 9.90 Å². The van der Waals surface area contributed by atoms with Gasteiger partial charge in [-0.15, -0.1) is 0 Å². The zero-order valence-electron chi connectivity index (χ0n) is 16.0. The molecule has 8 nitrogen and oxygen atoms in total. The Morgan fingerprint density at radius 1 is 1.21 bits per heavy atom. The van der Waals surface area contributed by atoms with Crippen LogP contribution in [-0.2, 0) is 0 Å². The Kier molecular flexibility index (Phi) is 4.99. The van der Waals surface area contributed by atoms with Crippen molar-refractivity contribution in [3.8, 4) is 0 Å². The van der Waals surface area contributed by atoms with Crippen LogP contribution in [0.5, 0.6) is 0 Å². The molecule has 8 heteroatoms. The van der Waals surface area contributed by atoms with Gasteiger partial charge in [-0.25, -0.2) is 9.78 Å². The lowest BCUT2D eigenvalue weighted by Crippen LogP contribution is -2.28. The number of carbonyl (C=O) groups is 1. The minimum atomic E-state index is -1.05. The Morgan fingerprint density at radius 3 is 2.72 bits per heavy atom. The largest absolute Gasteiger partial charge is 0.478 e. The van der Waals surface area contributed by atoms with Crippen LogP contribution in [0, 0.1) is 6.92 Å². The maximum absolute atomic E-state index is 13.2. The first-order chi connectivity index (χ1) is 14.1. The molecule has 2 aromatic heterocycles. The van der Waals surface area contributed by atoms with Crippen molar-refractivity contribution in [3.63, 3.8) is 0 Å². The molecule has 0 saturated carbocycles. The van der Waals surface area contributed by atoms with Gasteiger partial charge in [0.1, 0.15) is 17.0 Å². The van der Waals surface area contributed by atoms with Crippen LogP contribution in [0.15, 0.2) is 52.5 Å². The minimum Gasteiger partial charge on any atom is -0.478 e. The Balaban J connectivity index is 1.77. The molecule has 1 aliphatic heterocycles. The van der Waals surface area contributed by atoms with Crippen LogP contribution in [0.25, 0.3) is 5.65 Å². The number of aryl methyl sites for hydroxylation is 1. The predicted molar refractivity (Wildman–Crippen MR) is 112 cm³/mol. The quantitative estimate of drug-likeness (QED) is 0.513. The first-order valence-corrected chi connectivity index (χ1v) is 9.44. The third-order valence-electron chi connectivity index (χ3n) is 5.01. The Hall–Kier alpha value is -3.68. The monoisotopic (exact) mass is 391 g/mol. The number of hydrazone groups is 1. The molecular formula is C21H21N5O3. The number of benzene rings is 1. The molecule has 1 aromatic carbocycles. The molecule has 1 saturated heterocycles. The predicted octanol–water partition coefficient (Wildman–Crippen LogP) is 2.75. The van der Waals surface area contributed by atoms with E-state index in [2.05, 4.69) is 15.4 Å². The van der Waals surface area contributed by atoms with Gasteiger partial charge >= 0.3 is 5.97 Å². The normalized spacial score (nSPS) is 14.0. The first kappa shape index (κ1) is 18.7. The van der Waals surface area contributed by atoms with E-state index in [0.29, 0.717) is 22.7 Å². The summed E-state index contributed by atoms with van der Waals surface area (Å²) in [5, 5.41) is 13.5. The second-order valence-corrected chi connectivity index (χ2v) is 6.95. The number of nitrogens with zero attached hydrogens (tertiary/aromatic N) is 4. The zero-order chi connectivity index (χ0) is 20.4. The fraction of sp³-hybridized carbons (Fsp3) is 0.238. The molecule has 29 heavy (non-hydrogen) atoms. The molecule has 148 valence electrons. The van der Waals surface area contributed by atoms with Gasteiger partial charge in [0, 0.05) is 19.3 Å². The number of anilines is 2. The molecule has 0 atom stereocenters. The molecule has 1 aliphatic rings. The third-order valence-corrected chi connectivity index (χ3v) is 5.01. The number of nitrogens with one attached hydrogen (secondary N) is 1. The third kappa shape index (κ3) is 3.56. The van der Waals surface area contributed by atoms with Crippen LogP contribution >= 0.6 is 0 Å². The summed E-state index contributed by atoms with van der Waals surface area (Å²) >= 11 is 0. The molecule has 2 N–H and O–H groups in total. The smallest absolute Gasteiger partial charge is 0.337 e. The van der Waals surface area contributed by atoms with Crippen molar-refractivity contribution in [3.05, 3.63) is 69.6 Å². The summed E-state index contributed by atoms with van der Waals surface area (Å²) in [6.07, 6.45) is 5.22. The second kappa shape index (κ2) is 7.75. The molecular weight excluding hydrogens is 370 g/mol. The topological polar surface area (TPSA) is 99.3 Å². The van der Waals surface area contributed by atoms with E-state index >= 15 is 0 Å². The summed E-state index contributed by atoms with van der Waals surface area (Å²) in [7, 11) is 0. The molecule has 0 amide bonds. The van der Waals surface area contributed by atoms with Gasteiger partial charge < -0.3 is 10.0 Å². The fourth-order valence-electron chi connectivity index (χ4n) is 3.52. The maximum atomic E-state index is 13.2. The molecule has 0 spiro atoms. The standard InChI is InChI=1S/C21H21N5O3/c1-14-7-6-12-26-18(14)23-19(25-10-4-5-11-25)16(20(26)27)13-22-24-17-9-3-2-8-15(17)21(28)29/h2-3,6-9,12-13,24H,4-5,10-11H2,1H3,(H,28,29)/b22-13+. The van der Waals surface area contributed by atoms with Gasteiger partial charge in [0.2, 0.25) is 0 Å². The zero-order valence-corrected chi connectivity index (χ0v) is 16.0. The molecule has 0 aliphatic carbocycles. The number of rotatable bonds is 5. The van der Waals surface area contributed by atoms with E-state index in [4.69, 9.17) is 4.98 Å². The number of pyridine rings is 1. The minimum absolute atomic E-state index is 0.105.